The molecule has 0 aliphatic carbocycles. The number of nitrogen functional groups attached to an aromatic ring is 1. The van der Waals surface area contributed by atoms with Crippen LogP contribution in [0.25, 0.3) is 0 Å². The number of thioether (sulfide) groups is 1. The van der Waals surface area contributed by atoms with Gasteiger partial charge in [-0.05, 0) is 6.42 Å². The van der Waals surface area contributed by atoms with E-state index in [1.165, 1.54) is 11.8 Å². The second-order valence-corrected chi connectivity index (χ2v) is 4.80. The van der Waals surface area contributed by atoms with Crippen LogP contribution >= 0.6 is 23.4 Å². The second-order valence-electron chi connectivity index (χ2n) is 3.48. The Labute approximate surface area is 108 Å². The maximum absolute atomic E-state index is 6.23. The molecule has 0 saturated heterocycles. The largest absolute Gasteiger partial charge is 0.368 e. The number of nitrogens with two attached hydrogens (primary N) is 1. The zero-order valence-electron chi connectivity index (χ0n) is 9.57. The first-order chi connectivity index (χ1) is 8.11. The van der Waals surface area contributed by atoms with Gasteiger partial charge in [-0.1, -0.05) is 30.3 Å². The standard InChI is InChI=1S/C9H13ClN6S/c1-3-5-7(10)6(16(2)15-5)4-17-9-12-8(11)13-14-9/h3-4H2,1-2H3,(H3,11,12,13,14). The molecule has 92 valence electrons. The predicted octanol–water partition coefficient (Wildman–Crippen LogP) is 1.63. The lowest BCUT2D eigenvalue weighted by molar-refractivity contribution is 0.719. The Bertz CT molecular complexity index is 520. The number of H-pyrrole nitrogens is 1. The average molecular weight is 273 g/mol. The van der Waals surface area contributed by atoms with E-state index in [1.807, 2.05) is 14.0 Å². The molecule has 2 rings (SSSR count). The Balaban J connectivity index is 2.11. The molecule has 0 aromatic carbocycles. The molecule has 8 heteroatoms. The van der Waals surface area contributed by atoms with Gasteiger partial charge in [0.1, 0.15) is 0 Å². The molecule has 0 aliphatic rings. The van der Waals surface area contributed by atoms with Crippen LogP contribution in [0.15, 0.2) is 5.16 Å². The molecular formula is C9H13ClN6S. The number of aryl methyl sites for hydroxylation is 2. The van der Waals surface area contributed by atoms with Crippen molar-refractivity contribution < 1.29 is 0 Å². The van der Waals surface area contributed by atoms with Gasteiger partial charge in [-0.2, -0.15) is 10.1 Å². The number of rotatable bonds is 4. The normalized spacial score (nSPS) is 11.0. The highest BCUT2D eigenvalue weighted by Crippen LogP contribution is 2.27. The van der Waals surface area contributed by atoms with Gasteiger partial charge in [0.05, 0.1) is 16.4 Å². The maximum atomic E-state index is 6.23. The van der Waals surface area contributed by atoms with Crippen molar-refractivity contribution in [2.45, 2.75) is 24.3 Å². The Hall–Kier alpha value is -1.21. The van der Waals surface area contributed by atoms with Crippen molar-refractivity contribution in [3.05, 3.63) is 16.4 Å². The van der Waals surface area contributed by atoms with E-state index in [-0.39, 0.29) is 0 Å². The third-order valence-electron chi connectivity index (χ3n) is 2.32. The van der Waals surface area contributed by atoms with Gasteiger partial charge in [0.25, 0.3) is 0 Å². The van der Waals surface area contributed by atoms with Crippen LogP contribution in [0.4, 0.5) is 5.95 Å². The third-order valence-corrected chi connectivity index (χ3v) is 3.62. The fourth-order valence-electron chi connectivity index (χ4n) is 1.43. The number of nitrogens with zero attached hydrogens (tertiary/aromatic N) is 4. The van der Waals surface area contributed by atoms with Crippen LogP contribution in [-0.4, -0.2) is 25.0 Å². The van der Waals surface area contributed by atoms with Crippen LogP contribution in [0.2, 0.25) is 5.02 Å². The highest BCUT2D eigenvalue weighted by atomic mass is 35.5. The average Bonchev–Trinajstić information content (AvgIpc) is 2.82. The summed E-state index contributed by atoms with van der Waals surface area (Å²) < 4.78 is 1.80. The van der Waals surface area contributed by atoms with E-state index in [9.17, 15) is 0 Å². The molecular weight excluding hydrogens is 260 g/mol. The summed E-state index contributed by atoms with van der Waals surface area (Å²) in [7, 11) is 1.88. The summed E-state index contributed by atoms with van der Waals surface area (Å²) >= 11 is 7.70. The van der Waals surface area contributed by atoms with Crippen LogP contribution in [0.3, 0.4) is 0 Å². The molecule has 6 nitrogen and oxygen atoms in total. The number of anilines is 1. The van der Waals surface area contributed by atoms with E-state index >= 15 is 0 Å². The Morgan fingerprint density at radius 2 is 2.29 bits per heavy atom. The third kappa shape index (κ3) is 2.55. The van der Waals surface area contributed by atoms with Gasteiger partial charge in [0, 0.05) is 12.8 Å². The van der Waals surface area contributed by atoms with Crippen LogP contribution in [0.1, 0.15) is 18.3 Å². The van der Waals surface area contributed by atoms with E-state index in [0.717, 1.165) is 22.8 Å². The minimum atomic E-state index is 0.317. The molecule has 0 aliphatic heterocycles. The Kier molecular flexibility index (Phi) is 3.58. The van der Waals surface area contributed by atoms with Crippen LogP contribution < -0.4 is 5.73 Å². The summed E-state index contributed by atoms with van der Waals surface area (Å²) in [4.78, 5) is 4.01. The lowest BCUT2D eigenvalue weighted by Gasteiger charge is -1.99. The molecule has 0 unspecified atom stereocenters. The van der Waals surface area contributed by atoms with Crippen molar-refractivity contribution in [1.82, 2.24) is 25.0 Å². The SMILES string of the molecule is CCc1nn(C)c(CSc2n[nH]c(N)n2)c1Cl. The summed E-state index contributed by atoms with van der Waals surface area (Å²) in [6, 6.07) is 0. The number of hydrogen-bond donors (Lipinski definition) is 2. The number of halogens is 1. The summed E-state index contributed by atoms with van der Waals surface area (Å²) in [6.45, 7) is 2.03. The molecule has 2 aromatic rings. The fraction of sp³-hybridized carbons (Fsp3) is 0.444. The molecule has 0 fully saturated rings. The van der Waals surface area contributed by atoms with E-state index < -0.39 is 0 Å². The Morgan fingerprint density at radius 1 is 1.53 bits per heavy atom. The van der Waals surface area contributed by atoms with Crippen molar-refractivity contribution in [1.29, 1.82) is 0 Å². The first-order valence-electron chi connectivity index (χ1n) is 5.12. The lowest BCUT2D eigenvalue weighted by atomic mass is 10.3. The first kappa shape index (κ1) is 12.3. The van der Waals surface area contributed by atoms with E-state index in [4.69, 9.17) is 17.3 Å². The fourth-order valence-corrected chi connectivity index (χ4v) is 2.74. The molecule has 3 N–H and O–H groups in total. The molecule has 2 aromatic heterocycles. The van der Waals surface area contributed by atoms with Crippen molar-refractivity contribution in [3.8, 4) is 0 Å². The number of nitrogens with one attached hydrogen (secondary N) is 1. The lowest BCUT2D eigenvalue weighted by Crippen LogP contribution is -1.97. The van der Waals surface area contributed by atoms with Gasteiger partial charge < -0.3 is 5.73 Å². The summed E-state index contributed by atoms with van der Waals surface area (Å²) in [5, 5.41) is 12.2. The van der Waals surface area contributed by atoms with Crippen LogP contribution in [0.5, 0.6) is 0 Å². The summed E-state index contributed by atoms with van der Waals surface area (Å²) in [5.41, 5.74) is 7.33. The molecule has 0 saturated carbocycles. The van der Waals surface area contributed by atoms with Gasteiger partial charge >= 0.3 is 0 Å². The first-order valence-corrected chi connectivity index (χ1v) is 6.49. The molecule has 0 amide bonds. The van der Waals surface area contributed by atoms with Gasteiger partial charge in [-0.15, -0.1) is 5.10 Å². The van der Waals surface area contributed by atoms with Crippen molar-refractivity contribution >= 4 is 29.3 Å². The molecule has 0 spiro atoms. The molecule has 2 heterocycles. The number of aromatic amines is 1. The van der Waals surface area contributed by atoms with Crippen LogP contribution in [0, 0.1) is 0 Å². The van der Waals surface area contributed by atoms with Gasteiger partial charge in [0.15, 0.2) is 0 Å². The Morgan fingerprint density at radius 3 is 2.82 bits per heavy atom. The molecule has 0 atom stereocenters. The summed E-state index contributed by atoms with van der Waals surface area (Å²) in [6.07, 6.45) is 0.824. The molecule has 0 radical (unpaired) electrons. The zero-order chi connectivity index (χ0) is 12.4. The van der Waals surface area contributed by atoms with Gasteiger partial charge in [-0.25, -0.2) is 5.10 Å². The smallest absolute Gasteiger partial charge is 0.216 e. The zero-order valence-corrected chi connectivity index (χ0v) is 11.1. The van der Waals surface area contributed by atoms with E-state index in [1.54, 1.807) is 4.68 Å². The van der Waals surface area contributed by atoms with Crippen LogP contribution in [-0.2, 0) is 19.2 Å². The van der Waals surface area contributed by atoms with Crippen molar-refractivity contribution in [2.75, 3.05) is 5.73 Å². The highest BCUT2D eigenvalue weighted by Gasteiger charge is 2.13. The van der Waals surface area contributed by atoms with Crippen molar-refractivity contribution in [2.24, 2.45) is 7.05 Å². The minimum Gasteiger partial charge on any atom is -0.368 e. The van der Waals surface area contributed by atoms with Gasteiger partial charge in [0.2, 0.25) is 11.1 Å². The highest BCUT2D eigenvalue weighted by molar-refractivity contribution is 7.98. The second kappa shape index (κ2) is 4.97. The quantitative estimate of drug-likeness (QED) is 0.826. The van der Waals surface area contributed by atoms with E-state index in [0.29, 0.717) is 16.9 Å². The molecule has 17 heavy (non-hydrogen) atoms. The van der Waals surface area contributed by atoms with E-state index in [2.05, 4.69) is 20.3 Å². The number of aromatic nitrogens is 5. The number of hydrogen-bond acceptors (Lipinski definition) is 5. The predicted molar refractivity (Wildman–Crippen MR) is 68.0 cm³/mol. The maximum Gasteiger partial charge on any atom is 0.216 e. The monoisotopic (exact) mass is 272 g/mol. The topological polar surface area (TPSA) is 85.4 Å². The minimum absolute atomic E-state index is 0.317. The summed E-state index contributed by atoms with van der Waals surface area (Å²) in [5.74, 6) is 0.984. The molecule has 0 bridgehead atoms. The van der Waals surface area contributed by atoms with Crippen molar-refractivity contribution in [3.63, 3.8) is 0 Å². The van der Waals surface area contributed by atoms with Gasteiger partial charge in [-0.3, -0.25) is 4.68 Å².